The van der Waals surface area contributed by atoms with Gasteiger partial charge in [-0.2, -0.15) is 0 Å². The first-order valence-corrected chi connectivity index (χ1v) is 2.77. The van der Waals surface area contributed by atoms with Crippen molar-refractivity contribution in [1.29, 1.82) is 0 Å². The molecule has 11 heavy (non-hydrogen) atoms. The van der Waals surface area contributed by atoms with Crippen molar-refractivity contribution in [3.05, 3.63) is 11.1 Å². The van der Waals surface area contributed by atoms with Crippen LogP contribution >= 0.6 is 0 Å². The van der Waals surface area contributed by atoms with Crippen LogP contribution in [0.3, 0.4) is 0 Å². The summed E-state index contributed by atoms with van der Waals surface area (Å²) in [6, 6.07) is 0. The second kappa shape index (κ2) is 3.62. The molecule has 1 aliphatic rings. The van der Waals surface area contributed by atoms with Crippen LogP contribution in [0.5, 0.6) is 0 Å². The van der Waals surface area contributed by atoms with Gasteiger partial charge in [0.1, 0.15) is 0 Å². The summed E-state index contributed by atoms with van der Waals surface area (Å²) >= 11 is 0. The Morgan fingerprint density at radius 3 is 1.36 bits per heavy atom. The number of hydrogen-bond acceptors (Lipinski definition) is 4. The van der Waals surface area contributed by atoms with Crippen molar-refractivity contribution < 1.29 is 39.3 Å². The van der Waals surface area contributed by atoms with E-state index in [-0.39, 0.29) is 43.5 Å². The fraction of sp³-hybridized carbons (Fsp3) is 0.333. The van der Waals surface area contributed by atoms with Crippen molar-refractivity contribution in [1.82, 2.24) is 0 Å². The molecule has 0 amide bonds. The molecule has 0 unspecified atom stereocenters. The van der Waals surface area contributed by atoms with E-state index in [1.54, 1.807) is 0 Å². The smallest absolute Gasteiger partial charge is 0.545 e. The Labute approximate surface area is 75.7 Å². The fourth-order valence-corrected chi connectivity index (χ4v) is 0.826. The van der Waals surface area contributed by atoms with Gasteiger partial charge in [0.2, 0.25) is 0 Å². The summed E-state index contributed by atoms with van der Waals surface area (Å²) in [6.45, 7) is 0. The summed E-state index contributed by atoms with van der Waals surface area (Å²) in [7, 11) is 0. The molecule has 0 fully saturated rings. The quantitative estimate of drug-likeness (QED) is 0.470. The summed E-state index contributed by atoms with van der Waals surface area (Å²) in [5, 5.41) is 20.1. The molecule has 0 aromatic carbocycles. The molecular weight excluding hydrogens is 201 g/mol. The summed E-state index contributed by atoms with van der Waals surface area (Å²) in [4.78, 5) is 20.1. The number of rotatable bonds is 2. The Kier molecular flexibility index (Phi) is 3.39. The fourth-order valence-electron chi connectivity index (χ4n) is 0.826. The first-order chi connectivity index (χ1) is 4.63. The van der Waals surface area contributed by atoms with Crippen molar-refractivity contribution in [3.63, 3.8) is 0 Å². The molecule has 4 nitrogen and oxygen atoms in total. The summed E-state index contributed by atoms with van der Waals surface area (Å²) < 4.78 is 0. The van der Waals surface area contributed by atoms with Gasteiger partial charge >= 0.3 is 19.5 Å². The minimum absolute atomic E-state index is 0. The van der Waals surface area contributed by atoms with Gasteiger partial charge in [0.25, 0.3) is 0 Å². The van der Waals surface area contributed by atoms with E-state index in [1.165, 1.54) is 0 Å². The van der Waals surface area contributed by atoms with Crippen LogP contribution in [0.25, 0.3) is 0 Å². The van der Waals surface area contributed by atoms with Gasteiger partial charge in [0.05, 0.1) is 11.9 Å². The molecular formula is C6H4O4Zn. The van der Waals surface area contributed by atoms with Crippen LogP contribution in [0.1, 0.15) is 12.8 Å². The van der Waals surface area contributed by atoms with Crippen LogP contribution < -0.4 is 10.2 Å². The zero-order valence-electron chi connectivity index (χ0n) is 5.75. The molecule has 0 heterocycles. The third-order valence-electron chi connectivity index (χ3n) is 1.48. The maximum Gasteiger partial charge on any atom is 2.00 e. The van der Waals surface area contributed by atoms with Gasteiger partial charge in [-0.3, -0.25) is 0 Å². The summed E-state index contributed by atoms with van der Waals surface area (Å²) in [5.41, 5.74) is -0.250. The molecule has 1 aliphatic carbocycles. The number of hydrogen-bond donors (Lipinski definition) is 0. The van der Waals surface area contributed by atoms with Crippen molar-refractivity contribution in [3.8, 4) is 0 Å². The standard InChI is InChI=1S/C6H6O4.Zn/c7-5(8)3-1-2-4(3)6(9)10;/h1-2H2,(H,7,8)(H,9,10);/q;+2/p-2. The Hall–Kier alpha value is -0.697. The topological polar surface area (TPSA) is 80.3 Å². The molecule has 0 aromatic rings. The largest absolute Gasteiger partial charge is 2.00 e. The van der Waals surface area contributed by atoms with Gasteiger partial charge in [0.15, 0.2) is 0 Å². The van der Waals surface area contributed by atoms with Gasteiger partial charge in [-0.25, -0.2) is 0 Å². The molecule has 0 aromatic heterocycles. The second-order valence-electron chi connectivity index (χ2n) is 2.03. The van der Waals surface area contributed by atoms with E-state index < -0.39 is 11.9 Å². The molecule has 0 atom stereocenters. The number of aliphatic carboxylic acids is 2. The van der Waals surface area contributed by atoms with Crippen LogP contribution in [-0.2, 0) is 29.1 Å². The molecule has 0 N–H and O–H groups in total. The summed E-state index contributed by atoms with van der Waals surface area (Å²) in [5.74, 6) is -2.80. The Morgan fingerprint density at radius 1 is 1.00 bits per heavy atom. The molecule has 0 bridgehead atoms. The SMILES string of the molecule is O=C([O-])C1=C(C(=O)[O-])CC1.[Zn+2]. The number of carbonyl (C=O) groups excluding carboxylic acids is 2. The molecule has 5 heteroatoms. The van der Waals surface area contributed by atoms with Gasteiger partial charge in [-0.15, -0.1) is 0 Å². The van der Waals surface area contributed by atoms with E-state index in [0.29, 0.717) is 0 Å². The first kappa shape index (κ1) is 10.3. The third kappa shape index (κ3) is 1.87. The number of carbonyl (C=O) groups is 2. The Morgan fingerprint density at radius 2 is 1.27 bits per heavy atom. The third-order valence-corrected chi connectivity index (χ3v) is 1.48. The van der Waals surface area contributed by atoms with Crippen molar-refractivity contribution in [2.75, 3.05) is 0 Å². The van der Waals surface area contributed by atoms with Crippen LogP contribution in [0.2, 0.25) is 0 Å². The molecule has 0 spiro atoms. The zero-order valence-corrected chi connectivity index (χ0v) is 8.72. The second-order valence-corrected chi connectivity index (χ2v) is 2.03. The van der Waals surface area contributed by atoms with Crippen LogP contribution in [-0.4, -0.2) is 11.9 Å². The predicted molar refractivity (Wildman–Crippen MR) is 26.3 cm³/mol. The number of carboxylic acid groups (broad SMARTS) is 2. The predicted octanol–water partition coefficient (Wildman–Crippen LogP) is -2.43. The van der Waals surface area contributed by atoms with Crippen LogP contribution in [0.15, 0.2) is 11.1 Å². The average molecular weight is 205 g/mol. The van der Waals surface area contributed by atoms with E-state index in [0.717, 1.165) is 0 Å². The van der Waals surface area contributed by atoms with Crippen molar-refractivity contribution in [2.45, 2.75) is 12.8 Å². The summed E-state index contributed by atoms with van der Waals surface area (Å²) in [6.07, 6.45) is 0.567. The van der Waals surface area contributed by atoms with E-state index in [1.807, 2.05) is 0 Å². The molecule has 0 radical (unpaired) electrons. The molecule has 0 aliphatic heterocycles. The van der Waals surface area contributed by atoms with Gasteiger partial charge in [-0.05, 0) is 24.0 Å². The minimum Gasteiger partial charge on any atom is -0.545 e. The normalized spacial score (nSPS) is 14.9. The maximum absolute atomic E-state index is 10.0. The van der Waals surface area contributed by atoms with Crippen LogP contribution in [0, 0.1) is 0 Å². The zero-order chi connectivity index (χ0) is 7.72. The monoisotopic (exact) mass is 204 g/mol. The Bertz CT molecular complexity index is 207. The maximum atomic E-state index is 10.0. The minimum atomic E-state index is -1.40. The first-order valence-electron chi connectivity index (χ1n) is 2.77. The molecule has 0 saturated heterocycles. The van der Waals surface area contributed by atoms with Crippen molar-refractivity contribution in [2.24, 2.45) is 0 Å². The number of carboxylic acids is 2. The average Bonchev–Trinajstić information content (AvgIpc) is 1.56. The van der Waals surface area contributed by atoms with E-state index >= 15 is 0 Å². The van der Waals surface area contributed by atoms with Crippen LogP contribution in [0.4, 0.5) is 0 Å². The van der Waals surface area contributed by atoms with E-state index in [4.69, 9.17) is 0 Å². The van der Waals surface area contributed by atoms with Gasteiger partial charge < -0.3 is 19.8 Å². The van der Waals surface area contributed by atoms with Gasteiger partial charge in [-0.1, -0.05) is 0 Å². The van der Waals surface area contributed by atoms with E-state index in [2.05, 4.69) is 0 Å². The molecule has 0 saturated carbocycles. The van der Waals surface area contributed by atoms with E-state index in [9.17, 15) is 19.8 Å². The van der Waals surface area contributed by atoms with Gasteiger partial charge in [0, 0.05) is 0 Å². The molecule has 1 rings (SSSR count). The Balaban J connectivity index is 0.000001000. The van der Waals surface area contributed by atoms with Crippen molar-refractivity contribution >= 4 is 11.9 Å². The molecule has 54 valence electrons.